The molecule has 16 heavy (non-hydrogen) atoms. The maximum absolute atomic E-state index is 12.3. The molecule has 0 unspecified atom stereocenters. The smallest absolute Gasteiger partial charge is 0.229 e. The van der Waals surface area contributed by atoms with E-state index in [1.165, 1.54) is 6.42 Å². The molecule has 0 spiro atoms. The van der Waals surface area contributed by atoms with Crippen molar-refractivity contribution in [3.63, 3.8) is 0 Å². The molecule has 1 aliphatic rings. The average Bonchev–Trinajstić information content (AvgIpc) is 2.20. The van der Waals surface area contributed by atoms with Crippen LogP contribution in [0.1, 0.15) is 39.5 Å². The fraction of sp³-hybridized carbons (Fsp3) is 0.917. The van der Waals surface area contributed by atoms with Crippen molar-refractivity contribution < 1.29 is 9.90 Å². The van der Waals surface area contributed by atoms with Gasteiger partial charge < -0.3 is 15.7 Å². The molecule has 1 fully saturated rings. The topological polar surface area (TPSA) is 66.6 Å². The molecule has 0 saturated heterocycles. The second kappa shape index (κ2) is 5.64. The number of aliphatic hydroxyl groups is 1. The van der Waals surface area contributed by atoms with E-state index < -0.39 is 5.41 Å². The van der Waals surface area contributed by atoms with E-state index in [1.54, 1.807) is 0 Å². The quantitative estimate of drug-likeness (QED) is 0.704. The lowest BCUT2D eigenvalue weighted by molar-refractivity contribution is -0.144. The number of carbonyl (C=O) groups is 1. The normalized spacial score (nSPS) is 17.0. The predicted octanol–water partition coefficient (Wildman–Crippen LogP) is 0.735. The molecule has 4 heteroatoms. The first-order valence-corrected chi connectivity index (χ1v) is 6.15. The highest BCUT2D eigenvalue weighted by Crippen LogP contribution is 2.29. The molecule has 94 valence electrons. The molecule has 0 atom stereocenters. The Balaban J connectivity index is 2.63. The van der Waals surface area contributed by atoms with E-state index >= 15 is 0 Å². The van der Waals surface area contributed by atoms with Crippen LogP contribution >= 0.6 is 0 Å². The van der Waals surface area contributed by atoms with Crippen molar-refractivity contribution in [2.75, 3.05) is 19.7 Å². The van der Waals surface area contributed by atoms with Gasteiger partial charge in [-0.2, -0.15) is 0 Å². The van der Waals surface area contributed by atoms with Gasteiger partial charge in [-0.3, -0.25) is 4.79 Å². The van der Waals surface area contributed by atoms with Crippen molar-refractivity contribution in [2.24, 2.45) is 11.1 Å². The van der Waals surface area contributed by atoms with E-state index in [2.05, 4.69) is 0 Å². The number of aliphatic hydroxyl groups excluding tert-OH is 1. The van der Waals surface area contributed by atoms with Crippen LogP contribution in [0.3, 0.4) is 0 Å². The van der Waals surface area contributed by atoms with Crippen molar-refractivity contribution in [3.8, 4) is 0 Å². The summed E-state index contributed by atoms with van der Waals surface area (Å²) in [5, 5.41) is 8.87. The fourth-order valence-corrected chi connectivity index (χ4v) is 1.87. The molecule has 3 N–H and O–H groups in total. The van der Waals surface area contributed by atoms with Crippen LogP contribution in [-0.2, 0) is 4.79 Å². The Morgan fingerprint density at radius 1 is 1.50 bits per heavy atom. The van der Waals surface area contributed by atoms with Crippen LogP contribution < -0.4 is 5.73 Å². The number of hydrogen-bond donors (Lipinski definition) is 2. The van der Waals surface area contributed by atoms with Gasteiger partial charge in [-0.15, -0.1) is 0 Å². The third-order valence-corrected chi connectivity index (χ3v) is 3.42. The fourth-order valence-electron chi connectivity index (χ4n) is 1.87. The zero-order valence-electron chi connectivity index (χ0n) is 10.4. The molecule has 0 aromatic rings. The summed E-state index contributed by atoms with van der Waals surface area (Å²) in [5.41, 5.74) is 5.16. The van der Waals surface area contributed by atoms with Crippen LogP contribution in [0.5, 0.6) is 0 Å². The van der Waals surface area contributed by atoms with Crippen LogP contribution in [0, 0.1) is 5.41 Å². The van der Waals surface area contributed by atoms with Crippen LogP contribution in [0.25, 0.3) is 0 Å². The maximum Gasteiger partial charge on any atom is 0.229 e. The van der Waals surface area contributed by atoms with Crippen molar-refractivity contribution in [3.05, 3.63) is 0 Å². The zero-order chi connectivity index (χ0) is 12.2. The third kappa shape index (κ3) is 2.95. The molecule has 4 nitrogen and oxygen atoms in total. The molecule has 0 aliphatic heterocycles. The molecule has 0 aromatic heterocycles. The van der Waals surface area contributed by atoms with E-state index in [-0.39, 0.29) is 12.5 Å². The van der Waals surface area contributed by atoms with E-state index in [0.717, 1.165) is 12.8 Å². The van der Waals surface area contributed by atoms with Gasteiger partial charge in [-0.1, -0.05) is 0 Å². The Labute approximate surface area is 97.8 Å². The van der Waals surface area contributed by atoms with E-state index in [1.807, 2.05) is 18.7 Å². The van der Waals surface area contributed by atoms with Crippen LogP contribution in [0.2, 0.25) is 0 Å². The zero-order valence-corrected chi connectivity index (χ0v) is 10.4. The predicted molar refractivity (Wildman–Crippen MR) is 63.9 cm³/mol. The Kier molecular flexibility index (Phi) is 4.74. The Morgan fingerprint density at radius 2 is 2.12 bits per heavy atom. The van der Waals surface area contributed by atoms with Crippen molar-refractivity contribution in [2.45, 2.75) is 45.6 Å². The molecule has 1 saturated carbocycles. The van der Waals surface area contributed by atoms with Gasteiger partial charge in [-0.25, -0.2) is 0 Å². The highest BCUT2D eigenvalue weighted by atomic mass is 16.3. The van der Waals surface area contributed by atoms with Gasteiger partial charge in [-0.05, 0) is 39.5 Å². The minimum absolute atomic E-state index is 0.133. The molecule has 1 aliphatic carbocycles. The lowest BCUT2D eigenvalue weighted by Gasteiger charge is -2.41. The molecular weight excluding hydrogens is 204 g/mol. The van der Waals surface area contributed by atoms with Crippen molar-refractivity contribution in [1.82, 2.24) is 4.90 Å². The van der Waals surface area contributed by atoms with E-state index in [9.17, 15) is 4.79 Å². The first-order valence-electron chi connectivity index (χ1n) is 6.15. The summed E-state index contributed by atoms with van der Waals surface area (Å²) in [7, 11) is 0. The van der Waals surface area contributed by atoms with Gasteiger partial charge in [0.15, 0.2) is 0 Å². The third-order valence-electron chi connectivity index (χ3n) is 3.42. The number of carbonyl (C=O) groups excluding carboxylic acids is 1. The standard InChI is InChI=1S/C12H24N2O2/c1-12(2,9-13)11(16)14(7-4-8-15)10-5-3-6-10/h10,15H,3-9,13H2,1-2H3. The minimum Gasteiger partial charge on any atom is -0.396 e. The summed E-state index contributed by atoms with van der Waals surface area (Å²) in [4.78, 5) is 14.2. The van der Waals surface area contributed by atoms with E-state index in [4.69, 9.17) is 10.8 Å². The molecule has 0 aromatic carbocycles. The lowest BCUT2D eigenvalue weighted by Crippen LogP contribution is -2.51. The van der Waals surface area contributed by atoms with Crippen LogP contribution in [0.4, 0.5) is 0 Å². The Bertz CT molecular complexity index is 237. The first kappa shape index (κ1) is 13.5. The Hall–Kier alpha value is -0.610. The van der Waals surface area contributed by atoms with Crippen molar-refractivity contribution in [1.29, 1.82) is 0 Å². The Morgan fingerprint density at radius 3 is 2.50 bits per heavy atom. The van der Waals surface area contributed by atoms with Gasteiger partial charge in [0.2, 0.25) is 5.91 Å². The second-order valence-corrected chi connectivity index (χ2v) is 5.25. The molecule has 0 radical (unpaired) electrons. The number of nitrogens with zero attached hydrogens (tertiary/aromatic N) is 1. The van der Waals surface area contributed by atoms with Crippen molar-refractivity contribution >= 4 is 5.91 Å². The summed E-state index contributed by atoms with van der Waals surface area (Å²) in [6.07, 6.45) is 4.05. The number of rotatable bonds is 6. The van der Waals surface area contributed by atoms with Gasteiger partial charge in [0.05, 0.1) is 5.41 Å². The summed E-state index contributed by atoms with van der Waals surface area (Å²) in [6.45, 7) is 4.94. The van der Waals surface area contributed by atoms with Crippen LogP contribution in [-0.4, -0.2) is 41.7 Å². The van der Waals surface area contributed by atoms with Gasteiger partial charge >= 0.3 is 0 Å². The highest BCUT2D eigenvalue weighted by molar-refractivity contribution is 5.82. The highest BCUT2D eigenvalue weighted by Gasteiger charge is 2.36. The molecule has 0 bridgehead atoms. The summed E-state index contributed by atoms with van der Waals surface area (Å²) >= 11 is 0. The summed E-state index contributed by atoms with van der Waals surface area (Å²) in [6, 6.07) is 0.380. The van der Waals surface area contributed by atoms with Gasteiger partial charge in [0.1, 0.15) is 0 Å². The molecule has 0 heterocycles. The van der Waals surface area contributed by atoms with Gasteiger partial charge in [0, 0.05) is 25.7 Å². The van der Waals surface area contributed by atoms with Gasteiger partial charge in [0.25, 0.3) is 0 Å². The average molecular weight is 228 g/mol. The lowest BCUT2D eigenvalue weighted by atomic mass is 9.86. The number of nitrogens with two attached hydrogens (primary N) is 1. The first-order chi connectivity index (χ1) is 7.53. The largest absolute Gasteiger partial charge is 0.396 e. The second-order valence-electron chi connectivity index (χ2n) is 5.25. The molecule has 1 rings (SSSR count). The SMILES string of the molecule is CC(C)(CN)C(=O)N(CCCO)C1CCC1. The van der Waals surface area contributed by atoms with Crippen LogP contribution in [0.15, 0.2) is 0 Å². The van der Waals surface area contributed by atoms with E-state index in [0.29, 0.717) is 25.6 Å². The summed E-state index contributed by atoms with van der Waals surface area (Å²) in [5.74, 6) is 0.133. The number of amides is 1. The minimum atomic E-state index is -0.481. The molecule has 1 amide bonds. The number of hydrogen-bond acceptors (Lipinski definition) is 3. The monoisotopic (exact) mass is 228 g/mol. The molecular formula is C12H24N2O2. The summed E-state index contributed by atoms with van der Waals surface area (Å²) < 4.78 is 0. The maximum atomic E-state index is 12.3.